The quantitative estimate of drug-likeness (QED) is 0.221. The van der Waals surface area contributed by atoms with Crippen molar-refractivity contribution in [3.05, 3.63) is 114 Å². The van der Waals surface area contributed by atoms with Crippen LogP contribution in [-0.2, 0) is 5.60 Å². The van der Waals surface area contributed by atoms with Crippen molar-refractivity contribution in [3.63, 3.8) is 0 Å². The van der Waals surface area contributed by atoms with E-state index in [2.05, 4.69) is 9.47 Å². The van der Waals surface area contributed by atoms with Crippen LogP contribution in [0.4, 0.5) is 39.5 Å². The number of rotatable bonds is 8. The molecule has 0 spiro atoms. The van der Waals surface area contributed by atoms with Crippen LogP contribution in [0.25, 0.3) is 0 Å². The number of hydrogen-bond donors (Lipinski definition) is 0. The second-order valence-corrected chi connectivity index (χ2v) is 6.92. The van der Waals surface area contributed by atoms with Gasteiger partial charge in [0, 0.05) is 11.1 Å². The summed E-state index contributed by atoms with van der Waals surface area (Å²) >= 11 is 0. The van der Waals surface area contributed by atoms with Crippen LogP contribution in [0, 0.1) is 0 Å². The third-order valence-corrected chi connectivity index (χ3v) is 4.65. The lowest BCUT2D eigenvalue weighted by atomic mass is 9.85. The van der Waals surface area contributed by atoms with Crippen molar-refractivity contribution in [2.45, 2.75) is 11.8 Å². The first-order chi connectivity index (χ1) is 16.9. The summed E-state index contributed by atoms with van der Waals surface area (Å²) in [6.07, 6.45) is -10.7. The first-order valence-electron chi connectivity index (χ1n) is 9.73. The Morgan fingerprint density at radius 1 is 0.500 bits per heavy atom. The SMILES string of the molecule is FC(F)=C(F)Oc1ccc(C(Oc2ccccc2)(c2ccc(OC(F)=C(F)F)cc2)C(F)(F)F)cc1. The Hall–Kier alpha value is -4.09. The van der Waals surface area contributed by atoms with E-state index in [1.807, 2.05) is 0 Å². The van der Waals surface area contributed by atoms with E-state index in [9.17, 15) is 39.5 Å². The van der Waals surface area contributed by atoms with Gasteiger partial charge in [0.1, 0.15) is 17.2 Å². The van der Waals surface area contributed by atoms with E-state index in [-0.39, 0.29) is 5.75 Å². The molecule has 0 saturated carbocycles. The van der Waals surface area contributed by atoms with Crippen LogP contribution >= 0.6 is 0 Å². The van der Waals surface area contributed by atoms with Gasteiger partial charge in [0.2, 0.25) is 0 Å². The minimum Gasteiger partial charge on any atom is -0.468 e. The predicted molar refractivity (Wildman–Crippen MR) is 109 cm³/mol. The van der Waals surface area contributed by atoms with E-state index in [1.54, 1.807) is 0 Å². The fraction of sp³-hybridized carbons (Fsp3) is 0.0833. The summed E-state index contributed by atoms with van der Waals surface area (Å²) in [5.74, 6) is -1.28. The molecule has 0 radical (unpaired) electrons. The molecule has 0 aliphatic carbocycles. The van der Waals surface area contributed by atoms with Crippen LogP contribution < -0.4 is 14.2 Å². The molecule has 0 aliphatic heterocycles. The Morgan fingerprint density at radius 3 is 1.22 bits per heavy atom. The third-order valence-electron chi connectivity index (χ3n) is 4.65. The van der Waals surface area contributed by atoms with E-state index >= 15 is 0 Å². The molecule has 3 aromatic carbocycles. The summed E-state index contributed by atoms with van der Waals surface area (Å²) in [6.45, 7) is 0. The fourth-order valence-electron chi connectivity index (χ4n) is 3.13. The molecule has 190 valence electrons. The lowest BCUT2D eigenvalue weighted by Crippen LogP contribution is -2.48. The standard InChI is InChI=1S/C24H13F9O3/c25-19(26)21(29)34-16-10-6-14(7-11-16)23(24(31,32)33,36-18-4-2-1-3-5-18)15-8-12-17(13-9-15)35-22(30)20(27)28/h1-13H. The largest absolute Gasteiger partial charge is 0.468 e. The van der Waals surface area contributed by atoms with E-state index in [0.29, 0.717) is 0 Å². The van der Waals surface area contributed by atoms with Crippen molar-refractivity contribution in [1.29, 1.82) is 0 Å². The number of halogens is 9. The average Bonchev–Trinajstić information content (AvgIpc) is 2.83. The van der Waals surface area contributed by atoms with E-state index in [0.717, 1.165) is 48.5 Å². The molecule has 0 bridgehead atoms. The zero-order chi connectivity index (χ0) is 26.5. The summed E-state index contributed by atoms with van der Waals surface area (Å²) in [7, 11) is 0. The Bertz CT molecular complexity index is 1160. The topological polar surface area (TPSA) is 27.7 Å². The lowest BCUT2D eigenvalue weighted by molar-refractivity contribution is -0.237. The fourth-order valence-corrected chi connectivity index (χ4v) is 3.13. The number of alkyl halides is 3. The highest BCUT2D eigenvalue weighted by Crippen LogP contribution is 2.48. The normalized spacial score (nSPS) is 11.5. The number of ether oxygens (including phenoxy) is 3. The molecule has 0 atom stereocenters. The van der Waals surface area contributed by atoms with Gasteiger partial charge in [-0.15, -0.1) is 0 Å². The molecule has 0 fully saturated rings. The molecule has 0 aromatic heterocycles. The maximum absolute atomic E-state index is 14.7. The van der Waals surface area contributed by atoms with Crippen molar-refractivity contribution in [1.82, 2.24) is 0 Å². The van der Waals surface area contributed by atoms with Crippen LogP contribution in [-0.4, -0.2) is 6.18 Å². The smallest absolute Gasteiger partial charge is 0.437 e. The van der Waals surface area contributed by atoms with Gasteiger partial charge in [-0.05, 0) is 36.4 Å². The third kappa shape index (κ3) is 5.75. The molecule has 3 aromatic rings. The van der Waals surface area contributed by atoms with Crippen molar-refractivity contribution in [3.8, 4) is 17.2 Å². The Balaban J connectivity index is 2.14. The summed E-state index contributed by atoms with van der Waals surface area (Å²) < 4.78 is 133. The highest BCUT2D eigenvalue weighted by atomic mass is 19.4. The summed E-state index contributed by atoms with van der Waals surface area (Å²) in [4.78, 5) is 0. The van der Waals surface area contributed by atoms with Gasteiger partial charge in [-0.2, -0.15) is 39.5 Å². The second-order valence-electron chi connectivity index (χ2n) is 6.92. The molecule has 3 rings (SSSR count). The van der Waals surface area contributed by atoms with E-state index in [4.69, 9.17) is 4.74 Å². The molecule has 0 heterocycles. The van der Waals surface area contributed by atoms with Gasteiger partial charge < -0.3 is 14.2 Å². The Morgan fingerprint density at radius 2 is 0.889 bits per heavy atom. The van der Waals surface area contributed by atoms with Gasteiger partial charge >= 0.3 is 30.4 Å². The van der Waals surface area contributed by atoms with Crippen molar-refractivity contribution in [2.24, 2.45) is 0 Å². The molecule has 12 heteroatoms. The average molecular weight is 520 g/mol. The molecular weight excluding hydrogens is 507 g/mol. The Kier molecular flexibility index (Phi) is 7.86. The van der Waals surface area contributed by atoms with Crippen LogP contribution in [0.3, 0.4) is 0 Å². The molecule has 0 saturated heterocycles. The zero-order valence-corrected chi connectivity index (χ0v) is 17.6. The summed E-state index contributed by atoms with van der Waals surface area (Å²) in [5.41, 5.74) is -4.40. The van der Waals surface area contributed by atoms with Crippen molar-refractivity contribution < 1.29 is 53.7 Å². The molecule has 36 heavy (non-hydrogen) atoms. The molecule has 3 nitrogen and oxygen atoms in total. The minimum atomic E-state index is -5.18. The maximum Gasteiger partial charge on any atom is 0.437 e. The highest BCUT2D eigenvalue weighted by Gasteiger charge is 2.60. The van der Waals surface area contributed by atoms with E-state index in [1.165, 1.54) is 30.3 Å². The molecular formula is C24H13F9O3. The number of para-hydroxylation sites is 1. The molecule has 0 amide bonds. The Labute approximate surface area is 197 Å². The van der Waals surface area contributed by atoms with E-state index < -0.39 is 58.6 Å². The van der Waals surface area contributed by atoms with Gasteiger partial charge in [0.05, 0.1) is 0 Å². The van der Waals surface area contributed by atoms with Gasteiger partial charge in [0.15, 0.2) is 0 Å². The maximum atomic E-state index is 14.7. The number of hydrogen-bond acceptors (Lipinski definition) is 3. The number of benzene rings is 3. The van der Waals surface area contributed by atoms with Crippen LogP contribution in [0.5, 0.6) is 17.2 Å². The van der Waals surface area contributed by atoms with Crippen molar-refractivity contribution >= 4 is 0 Å². The first-order valence-corrected chi connectivity index (χ1v) is 9.73. The van der Waals surface area contributed by atoms with Gasteiger partial charge in [-0.1, -0.05) is 42.5 Å². The highest BCUT2D eigenvalue weighted by molar-refractivity contribution is 5.45. The van der Waals surface area contributed by atoms with Gasteiger partial charge in [-0.3, -0.25) is 0 Å². The summed E-state index contributed by atoms with van der Waals surface area (Å²) in [5, 5.41) is 0. The molecule has 0 unspecified atom stereocenters. The zero-order valence-electron chi connectivity index (χ0n) is 17.6. The summed E-state index contributed by atoms with van der Waals surface area (Å²) in [6, 6.07) is 8.90. The minimum absolute atomic E-state index is 0.225. The molecule has 0 aliphatic rings. The first kappa shape index (κ1) is 26.5. The second kappa shape index (κ2) is 10.7. The predicted octanol–water partition coefficient (Wildman–Crippen LogP) is 8.40. The molecule has 0 N–H and O–H groups in total. The van der Waals surface area contributed by atoms with Crippen LogP contribution in [0.15, 0.2) is 103 Å². The lowest BCUT2D eigenvalue weighted by Gasteiger charge is -2.37. The van der Waals surface area contributed by atoms with Gasteiger partial charge in [0.25, 0.3) is 5.60 Å². The van der Waals surface area contributed by atoms with Crippen molar-refractivity contribution in [2.75, 3.05) is 0 Å². The van der Waals surface area contributed by atoms with Crippen LogP contribution in [0.1, 0.15) is 11.1 Å². The van der Waals surface area contributed by atoms with Gasteiger partial charge in [-0.25, -0.2) is 0 Å². The van der Waals surface area contributed by atoms with Crippen LogP contribution in [0.2, 0.25) is 0 Å². The monoisotopic (exact) mass is 520 g/mol.